The summed E-state index contributed by atoms with van der Waals surface area (Å²) in [5.74, 6) is 0.0743. The van der Waals surface area contributed by atoms with Crippen LogP contribution in [-0.4, -0.2) is 30.4 Å². The van der Waals surface area contributed by atoms with Crippen molar-refractivity contribution in [2.45, 2.75) is 19.8 Å². The van der Waals surface area contributed by atoms with E-state index in [0.29, 0.717) is 34.5 Å². The molecule has 6 heteroatoms. The second-order valence-corrected chi connectivity index (χ2v) is 6.16. The largest absolute Gasteiger partial charge is 0.490 e. The third-order valence-corrected chi connectivity index (χ3v) is 4.20. The van der Waals surface area contributed by atoms with Gasteiger partial charge in [0.2, 0.25) is 5.91 Å². The van der Waals surface area contributed by atoms with E-state index >= 15 is 0 Å². The van der Waals surface area contributed by atoms with Gasteiger partial charge >= 0.3 is 0 Å². The molecule has 0 bridgehead atoms. The first kappa shape index (κ1) is 17.7. The quantitative estimate of drug-likeness (QED) is 0.675. The van der Waals surface area contributed by atoms with Gasteiger partial charge in [-0.05, 0) is 40.5 Å². The zero-order chi connectivity index (χ0) is 17.0. The van der Waals surface area contributed by atoms with Crippen LogP contribution >= 0.6 is 15.9 Å². The number of carbonyl (C=O) groups excluding carboxylic acids is 1. The Hall–Kier alpha value is -1.69. The zero-order valence-electron chi connectivity index (χ0n) is 12.8. The van der Waals surface area contributed by atoms with Gasteiger partial charge in [-0.3, -0.25) is 4.79 Å². The summed E-state index contributed by atoms with van der Waals surface area (Å²) in [4.78, 5) is 13.4. The van der Waals surface area contributed by atoms with E-state index in [2.05, 4.69) is 22.5 Å². The molecule has 0 saturated heterocycles. The second kappa shape index (κ2) is 7.73. The van der Waals surface area contributed by atoms with E-state index in [0.717, 1.165) is 0 Å². The van der Waals surface area contributed by atoms with E-state index < -0.39 is 13.0 Å². The fourth-order valence-electron chi connectivity index (χ4n) is 2.41. The van der Waals surface area contributed by atoms with Crippen molar-refractivity contribution in [1.82, 2.24) is 4.90 Å². The number of hydrogen-bond donors (Lipinski definition) is 0. The standard InChI is InChI=1S/C17H18BrF2NO2/c1-3-8-23-12-5-6-13(14(18)9-12)15-7-4-11(2)17(22)21(15)10-16(19)20/h3,5-7,9,11,16H,1,4,8,10H2,2H3. The number of nitrogens with zero attached hydrogens (tertiary/aromatic N) is 1. The fraction of sp³-hybridized carbons (Fsp3) is 0.353. The Kier molecular flexibility index (Phi) is 5.93. The van der Waals surface area contributed by atoms with Crippen molar-refractivity contribution in [2.24, 2.45) is 5.92 Å². The summed E-state index contributed by atoms with van der Waals surface area (Å²) in [5.41, 5.74) is 1.20. The van der Waals surface area contributed by atoms with Crippen LogP contribution in [0.15, 0.2) is 41.4 Å². The molecular weight excluding hydrogens is 368 g/mol. The average molecular weight is 386 g/mol. The molecule has 0 fully saturated rings. The molecule has 1 aliphatic heterocycles. The summed E-state index contributed by atoms with van der Waals surface area (Å²) in [5, 5.41) is 0. The maximum Gasteiger partial charge on any atom is 0.256 e. The molecule has 23 heavy (non-hydrogen) atoms. The van der Waals surface area contributed by atoms with E-state index in [1.54, 1.807) is 31.2 Å². The molecular formula is C17H18BrF2NO2. The maximum absolute atomic E-state index is 12.9. The molecule has 0 radical (unpaired) electrons. The molecule has 1 aromatic carbocycles. The third kappa shape index (κ3) is 4.19. The molecule has 0 N–H and O–H groups in total. The van der Waals surface area contributed by atoms with Gasteiger partial charge in [-0.1, -0.05) is 25.7 Å². The van der Waals surface area contributed by atoms with E-state index in [1.165, 1.54) is 4.90 Å². The zero-order valence-corrected chi connectivity index (χ0v) is 14.4. The number of halogens is 3. The lowest BCUT2D eigenvalue weighted by molar-refractivity contribution is -0.133. The highest BCUT2D eigenvalue weighted by molar-refractivity contribution is 9.10. The molecule has 1 amide bonds. The first-order valence-electron chi connectivity index (χ1n) is 7.27. The lowest BCUT2D eigenvalue weighted by atomic mass is 9.97. The number of benzene rings is 1. The van der Waals surface area contributed by atoms with Crippen molar-refractivity contribution < 1.29 is 18.3 Å². The molecule has 1 heterocycles. The number of rotatable bonds is 6. The van der Waals surface area contributed by atoms with E-state index in [4.69, 9.17) is 4.74 Å². The third-order valence-electron chi connectivity index (χ3n) is 3.55. The summed E-state index contributed by atoms with van der Waals surface area (Å²) >= 11 is 3.43. The minimum absolute atomic E-state index is 0.276. The Morgan fingerprint density at radius 2 is 2.26 bits per heavy atom. The average Bonchev–Trinajstić information content (AvgIpc) is 2.50. The van der Waals surface area contributed by atoms with Gasteiger partial charge in [0.05, 0.1) is 6.54 Å². The van der Waals surface area contributed by atoms with E-state index in [9.17, 15) is 13.6 Å². The van der Waals surface area contributed by atoms with Crippen LogP contribution in [0.25, 0.3) is 5.70 Å². The Bertz CT molecular complexity index is 631. The molecule has 3 nitrogen and oxygen atoms in total. The minimum Gasteiger partial charge on any atom is -0.490 e. The minimum atomic E-state index is -2.58. The van der Waals surface area contributed by atoms with Gasteiger partial charge in [-0.2, -0.15) is 0 Å². The summed E-state index contributed by atoms with van der Waals surface area (Å²) in [7, 11) is 0. The first-order valence-corrected chi connectivity index (χ1v) is 8.06. The number of allylic oxidation sites excluding steroid dienone is 1. The van der Waals surface area contributed by atoms with Crippen LogP contribution < -0.4 is 4.74 Å². The van der Waals surface area contributed by atoms with Crippen LogP contribution in [0.3, 0.4) is 0 Å². The molecule has 1 aromatic rings. The number of hydrogen-bond acceptors (Lipinski definition) is 2. The van der Waals surface area contributed by atoms with Gasteiger partial charge in [0, 0.05) is 21.7 Å². The van der Waals surface area contributed by atoms with Crippen molar-refractivity contribution in [3.05, 3.63) is 47.0 Å². The van der Waals surface area contributed by atoms with Crippen LogP contribution in [0.5, 0.6) is 5.75 Å². The van der Waals surface area contributed by atoms with Crippen LogP contribution in [0.1, 0.15) is 18.9 Å². The van der Waals surface area contributed by atoms with Crippen LogP contribution in [-0.2, 0) is 4.79 Å². The number of ether oxygens (including phenoxy) is 1. The number of alkyl halides is 2. The molecule has 0 spiro atoms. The predicted octanol–water partition coefficient (Wildman–Crippen LogP) is 4.49. The van der Waals surface area contributed by atoms with Crippen LogP contribution in [0.4, 0.5) is 8.78 Å². The van der Waals surface area contributed by atoms with Gasteiger partial charge in [0.25, 0.3) is 6.43 Å². The molecule has 0 saturated carbocycles. The highest BCUT2D eigenvalue weighted by Crippen LogP contribution is 2.34. The summed E-state index contributed by atoms with van der Waals surface area (Å²) < 4.78 is 31.8. The molecule has 1 atom stereocenters. The Labute approximate surface area is 142 Å². The van der Waals surface area contributed by atoms with E-state index in [1.807, 2.05) is 6.08 Å². The summed E-state index contributed by atoms with van der Waals surface area (Å²) in [6, 6.07) is 5.26. The number of carbonyl (C=O) groups is 1. The molecule has 0 aliphatic carbocycles. The Balaban J connectivity index is 2.34. The van der Waals surface area contributed by atoms with Gasteiger partial charge in [0.15, 0.2) is 0 Å². The highest BCUT2D eigenvalue weighted by atomic mass is 79.9. The SMILES string of the molecule is C=CCOc1ccc(C2=CCC(C)C(=O)N2CC(F)F)c(Br)c1. The molecule has 1 unspecified atom stereocenters. The Morgan fingerprint density at radius 1 is 1.52 bits per heavy atom. The molecule has 124 valence electrons. The molecule has 2 rings (SSSR count). The fourth-order valence-corrected chi connectivity index (χ4v) is 2.98. The van der Waals surface area contributed by atoms with Crippen LogP contribution in [0.2, 0.25) is 0 Å². The molecule has 0 aromatic heterocycles. The topological polar surface area (TPSA) is 29.5 Å². The van der Waals surface area contributed by atoms with Gasteiger partial charge in [-0.25, -0.2) is 8.78 Å². The molecule has 1 aliphatic rings. The highest BCUT2D eigenvalue weighted by Gasteiger charge is 2.30. The lowest BCUT2D eigenvalue weighted by Crippen LogP contribution is -2.39. The van der Waals surface area contributed by atoms with Gasteiger partial charge in [0.1, 0.15) is 12.4 Å². The van der Waals surface area contributed by atoms with Crippen molar-refractivity contribution in [3.8, 4) is 5.75 Å². The van der Waals surface area contributed by atoms with Gasteiger partial charge in [-0.15, -0.1) is 0 Å². The smallest absolute Gasteiger partial charge is 0.256 e. The lowest BCUT2D eigenvalue weighted by Gasteiger charge is -2.32. The van der Waals surface area contributed by atoms with Gasteiger partial charge < -0.3 is 9.64 Å². The summed E-state index contributed by atoms with van der Waals surface area (Å²) in [6.45, 7) is 5.10. The van der Waals surface area contributed by atoms with Crippen molar-refractivity contribution in [1.29, 1.82) is 0 Å². The predicted molar refractivity (Wildman–Crippen MR) is 89.3 cm³/mol. The Morgan fingerprint density at radius 3 is 2.87 bits per heavy atom. The van der Waals surface area contributed by atoms with Crippen molar-refractivity contribution in [3.63, 3.8) is 0 Å². The van der Waals surface area contributed by atoms with Crippen molar-refractivity contribution >= 4 is 27.5 Å². The normalized spacial score (nSPS) is 18.1. The number of amides is 1. The first-order chi connectivity index (χ1) is 10.9. The van der Waals surface area contributed by atoms with E-state index in [-0.39, 0.29) is 11.8 Å². The van der Waals surface area contributed by atoms with Crippen LogP contribution in [0, 0.1) is 5.92 Å². The second-order valence-electron chi connectivity index (χ2n) is 5.31. The summed E-state index contributed by atoms with van der Waals surface area (Å²) in [6.07, 6.45) is 1.42. The van der Waals surface area contributed by atoms with Crippen molar-refractivity contribution in [2.75, 3.05) is 13.2 Å². The maximum atomic E-state index is 12.9. The monoisotopic (exact) mass is 385 g/mol.